The molecule has 0 radical (unpaired) electrons. The van der Waals surface area contributed by atoms with E-state index in [1.165, 1.54) is 18.4 Å². The summed E-state index contributed by atoms with van der Waals surface area (Å²) in [6, 6.07) is 11.2. The lowest BCUT2D eigenvalue weighted by molar-refractivity contribution is -0.118. The van der Waals surface area contributed by atoms with E-state index in [1.54, 1.807) is 0 Å². The Labute approximate surface area is 109 Å². The minimum atomic E-state index is -0.179. The van der Waals surface area contributed by atoms with Gasteiger partial charge in [0, 0.05) is 12.5 Å². The number of carbonyl (C=O) groups is 1. The van der Waals surface area contributed by atoms with Crippen molar-refractivity contribution in [3.05, 3.63) is 35.9 Å². The highest BCUT2D eigenvalue weighted by molar-refractivity contribution is 5.73. The van der Waals surface area contributed by atoms with Gasteiger partial charge in [-0.25, -0.2) is 0 Å². The van der Waals surface area contributed by atoms with Gasteiger partial charge in [-0.15, -0.1) is 0 Å². The van der Waals surface area contributed by atoms with Crippen molar-refractivity contribution < 1.29 is 4.79 Å². The fourth-order valence-corrected chi connectivity index (χ4v) is 2.64. The maximum atomic E-state index is 10.7. The number of carbonyl (C=O) groups excluding carboxylic acids is 1. The Kier molecular flexibility index (Phi) is 4.76. The van der Waals surface area contributed by atoms with E-state index in [4.69, 9.17) is 5.73 Å². The fraction of sp³-hybridized carbons (Fsp3) is 0.533. The number of amides is 1. The molecule has 1 aliphatic heterocycles. The van der Waals surface area contributed by atoms with Gasteiger partial charge in [-0.2, -0.15) is 0 Å². The van der Waals surface area contributed by atoms with Crippen LogP contribution in [0.2, 0.25) is 0 Å². The zero-order valence-electron chi connectivity index (χ0n) is 10.8. The van der Waals surface area contributed by atoms with Gasteiger partial charge in [-0.05, 0) is 43.7 Å². The van der Waals surface area contributed by atoms with E-state index in [9.17, 15) is 4.79 Å². The molecule has 98 valence electrons. The van der Waals surface area contributed by atoms with Crippen molar-refractivity contribution in [1.29, 1.82) is 0 Å². The van der Waals surface area contributed by atoms with Crippen LogP contribution in [0.3, 0.4) is 0 Å². The molecule has 1 aromatic carbocycles. The summed E-state index contributed by atoms with van der Waals surface area (Å²) in [5.41, 5.74) is 6.57. The maximum Gasteiger partial charge on any atom is 0.217 e. The molecule has 0 saturated carbocycles. The Hall–Kier alpha value is -1.35. The van der Waals surface area contributed by atoms with Crippen molar-refractivity contribution in [2.45, 2.75) is 38.1 Å². The van der Waals surface area contributed by atoms with Crippen LogP contribution < -0.4 is 11.1 Å². The lowest BCUT2D eigenvalue weighted by atomic mass is 9.88. The molecular weight excluding hydrogens is 224 g/mol. The monoisotopic (exact) mass is 246 g/mol. The molecule has 1 aromatic rings. The van der Waals surface area contributed by atoms with Crippen LogP contribution >= 0.6 is 0 Å². The van der Waals surface area contributed by atoms with E-state index in [1.807, 2.05) is 0 Å². The van der Waals surface area contributed by atoms with Crippen LogP contribution in [0.5, 0.6) is 0 Å². The topological polar surface area (TPSA) is 55.1 Å². The van der Waals surface area contributed by atoms with Crippen molar-refractivity contribution in [2.75, 3.05) is 6.54 Å². The Balaban J connectivity index is 1.72. The predicted octanol–water partition coefficient (Wildman–Crippen LogP) is 1.86. The lowest BCUT2D eigenvalue weighted by Crippen LogP contribution is -2.40. The van der Waals surface area contributed by atoms with Crippen LogP contribution in [0.1, 0.15) is 31.2 Å². The molecule has 0 spiro atoms. The third-order valence-electron chi connectivity index (χ3n) is 3.74. The lowest BCUT2D eigenvalue weighted by Gasteiger charge is -2.29. The SMILES string of the molecule is NC(=O)CCC1CCC(Cc2ccccc2)NC1. The van der Waals surface area contributed by atoms with Gasteiger partial charge in [-0.1, -0.05) is 30.3 Å². The summed E-state index contributed by atoms with van der Waals surface area (Å²) in [6.07, 6.45) is 4.95. The summed E-state index contributed by atoms with van der Waals surface area (Å²) < 4.78 is 0. The minimum absolute atomic E-state index is 0.179. The Bertz CT molecular complexity index is 369. The molecule has 2 atom stereocenters. The maximum absolute atomic E-state index is 10.7. The molecule has 3 nitrogen and oxygen atoms in total. The van der Waals surface area contributed by atoms with Crippen molar-refractivity contribution in [3.8, 4) is 0 Å². The van der Waals surface area contributed by atoms with Crippen LogP contribution in [-0.2, 0) is 11.2 Å². The standard InChI is InChI=1S/C15H22N2O/c16-15(18)9-7-13-6-8-14(17-11-13)10-12-4-2-1-3-5-12/h1-5,13-14,17H,6-11H2,(H2,16,18). The van der Waals surface area contributed by atoms with E-state index < -0.39 is 0 Å². The molecular formula is C15H22N2O. The summed E-state index contributed by atoms with van der Waals surface area (Å²) >= 11 is 0. The second-order valence-electron chi connectivity index (χ2n) is 5.24. The molecule has 0 aliphatic carbocycles. The first-order valence-electron chi connectivity index (χ1n) is 6.79. The molecule has 0 aromatic heterocycles. The highest BCUT2D eigenvalue weighted by atomic mass is 16.1. The van der Waals surface area contributed by atoms with E-state index in [0.29, 0.717) is 18.4 Å². The highest BCUT2D eigenvalue weighted by Gasteiger charge is 2.20. The van der Waals surface area contributed by atoms with Crippen LogP contribution in [-0.4, -0.2) is 18.5 Å². The average Bonchev–Trinajstić information content (AvgIpc) is 2.39. The van der Waals surface area contributed by atoms with Gasteiger partial charge < -0.3 is 11.1 Å². The zero-order chi connectivity index (χ0) is 12.8. The molecule has 3 heteroatoms. The Morgan fingerprint density at radius 2 is 2.06 bits per heavy atom. The molecule has 1 aliphatic rings. The van der Waals surface area contributed by atoms with Crippen LogP contribution in [0.15, 0.2) is 30.3 Å². The largest absolute Gasteiger partial charge is 0.370 e. The molecule has 18 heavy (non-hydrogen) atoms. The first kappa shape index (κ1) is 13.1. The normalized spacial score (nSPS) is 23.8. The highest BCUT2D eigenvalue weighted by Crippen LogP contribution is 2.20. The van der Waals surface area contributed by atoms with E-state index in [0.717, 1.165) is 19.4 Å². The van der Waals surface area contributed by atoms with Gasteiger partial charge in [0.2, 0.25) is 5.91 Å². The molecule has 1 heterocycles. The molecule has 3 N–H and O–H groups in total. The van der Waals surface area contributed by atoms with Gasteiger partial charge in [-0.3, -0.25) is 4.79 Å². The third kappa shape index (κ3) is 4.15. The number of primary amides is 1. The molecule has 0 bridgehead atoms. The molecule has 1 fully saturated rings. The van der Waals surface area contributed by atoms with Gasteiger partial charge in [0.15, 0.2) is 0 Å². The molecule has 1 amide bonds. The quantitative estimate of drug-likeness (QED) is 0.833. The smallest absolute Gasteiger partial charge is 0.217 e. The van der Waals surface area contributed by atoms with Crippen LogP contribution in [0.4, 0.5) is 0 Å². The minimum Gasteiger partial charge on any atom is -0.370 e. The van der Waals surface area contributed by atoms with Crippen molar-refractivity contribution in [1.82, 2.24) is 5.32 Å². The second kappa shape index (κ2) is 6.55. The number of benzene rings is 1. The fourth-order valence-electron chi connectivity index (χ4n) is 2.64. The van der Waals surface area contributed by atoms with Gasteiger partial charge >= 0.3 is 0 Å². The number of nitrogens with two attached hydrogens (primary N) is 1. The zero-order valence-corrected chi connectivity index (χ0v) is 10.8. The number of rotatable bonds is 5. The molecule has 1 saturated heterocycles. The molecule has 2 rings (SSSR count). The van der Waals surface area contributed by atoms with Crippen molar-refractivity contribution in [2.24, 2.45) is 11.7 Å². The van der Waals surface area contributed by atoms with Crippen molar-refractivity contribution in [3.63, 3.8) is 0 Å². The second-order valence-corrected chi connectivity index (χ2v) is 5.24. The average molecular weight is 246 g/mol. The van der Waals surface area contributed by atoms with Crippen LogP contribution in [0, 0.1) is 5.92 Å². The third-order valence-corrected chi connectivity index (χ3v) is 3.74. The Morgan fingerprint density at radius 3 is 2.67 bits per heavy atom. The number of piperidine rings is 1. The van der Waals surface area contributed by atoms with Gasteiger partial charge in [0.05, 0.1) is 0 Å². The van der Waals surface area contributed by atoms with Gasteiger partial charge in [0.1, 0.15) is 0 Å². The number of nitrogens with one attached hydrogen (secondary N) is 1. The van der Waals surface area contributed by atoms with Crippen molar-refractivity contribution >= 4 is 5.91 Å². The number of hydrogen-bond acceptors (Lipinski definition) is 2. The molecule has 2 unspecified atom stereocenters. The van der Waals surface area contributed by atoms with E-state index in [-0.39, 0.29) is 5.91 Å². The first-order chi connectivity index (χ1) is 8.74. The summed E-state index contributed by atoms with van der Waals surface area (Å²) in [4.78, 5) is 10.7. The van der Waals surface area contributed by atoms with E-state index >= 15 is 0 Å². The first-order valence-corrected chi connectivity index (χ1v) is 6.79. The predicted molar refractivity (Wildman–Crippen MR) is 73.1 cm³/mol. The Morgan fingerprint density at radius 1 is 1.28 bits per heavy atom. The summed E-state index contributed by atoms with van der Waals surface area (Å²) in [6.45, 7) is 1.02. The summed E-state index contributed by atoms with van der Waals surface area (Å²) in [5, 5.41) is 3.59. The van der Waals surface area contributed by atoms with E-state index in [2.05, 4.69) is 35.6 Å². The number of hydrogen-bond donors (Lipinski definition) is 2. The summed E-state index contributed by atoms with van der Waals surface area (Å²) in [7, 11) is 0. The summed E-state index contributed by atoms with van der Waals surface area (Å²) in [5.74, 6) is 0.436. The van der Waals surface area contributed by atoms with Gasteiger partial charge in [0.25, 0.3) is 0 Å². The van der Waals surface area contributed by atoms with Crippen LogP contribution in [0.25, 0.3) is 0 Å².